The van der Waals surface area contributed by atoms with Crippen molar-refractivity contribution in [2.45, 2.75) is 33.1 Å². The first-order chi connectivity index (χ1) is 10.9. The van der Waals surface area contributed by atoms with Gasteiger partial charge in [-0.25, -0.2) is 4.99 Å². The number of ether oxygens (including phenoxy) is 1. The zero-order valence-electron chi connectivity index (χ0n) is 14.2. The van der Waals surface area contributed by atoms with Crippen molar-refractivity contribution in [3.8, 4) is 10.9 Å². The second-order valence-electron chi connectivity index (χ2n) is 6.45. The van der Waals surface area contributed by atoms with Gasteiger partial charge in [-0.2, -0.15) is 9.36 Å². The van der Waals surface area contributed by atoms with Crippen LogP contribution in [-0.4, -0.2) is 34.7 Å². The van der Waals surface area contributed by atoms with Gasteiger partial charge in [0.1, 0.15) is 11.6 Å². The highest BCUT2D eigenvalue weighted by Gasteiger charge is 2.37. The highest BCUT2D eigenvalue weighted by Crippen LogP contribution is 2.46. The van der Waals surface area contributed by atoms with Gasteiger partial charge in [-0.1, -0.05) is 6.92 Å². The third-order valence-corrected chi connectivity index (χ3v) is 4.59. The quantitative estimate of drug-likeness (QED) is 0.606. The second kappa shape index (κ2) is 6.28. The molecule has 1 aliphatic carbocycles. The van der Waals surface area contributed by atoms with Gasteiger partial charge in [-0.3, -0.25) is 0 Å². The second-order valence-corrected chi connectivity index (χ2v) is 7.17. The average Bonchev–Trinajstić information content (AvgIpc) is 3.04. The average molecular weight is 330 g/mol. The zero-order chi connectivity index (χ0) is 16.6. The molecule has 1 saturated carbocycles. The summed E-state index contributed by atoms with van der Waals surface area (Å²) < 4.78 is 10.4. The molecule has 1 aromatic carbocycles. The Morgan fingerprint density at radius 1 is 1.30 bits per heavy atom. The van der Waals surface area contributed by atoms with Crippen LogP contribution in [0.2, 0.25) is 0 Å². The maximum absolute atomic E-state index is 5.95. The maximum atomic E-state index is 5.95. The molecule has 0 amide bonds. The van der Waals surface area contributed by atoms with Crippen molar-refractivity contribution in [2.24, 2.45) is 10.9 Å². The van der Waals surface area contributed by atoms with E-state index in [1.165, 1.54) is 18.0 Å². The Morgan fingerprint density at radius 2 is 2.04 bits per heavy atom. The van der Waals surface area contributed by atoms with Crippen molar-refractivity contribution in [1.29, 1.82) is 0 Å². The van der Waals surface area contributed by atoms with Gasteiger partial charge in [-0.15, -0.1) is 0 Å². The van der Waals surface area contributed by atoms with Crippen molar-refractivity contribution in [3.05, 3.63) is 29.1 Å². The SMILES string of the molecule is Cc1cc(Oc2nc(C3CC3C)ns2)c(C)cc1/N=C\N(C)C. The Morgan fingerprint density at radius 3 is 2.70 bits per heavy atom. The molecule has 3 rings (SSSR count). The van der Waals surface area contributed by atoms with Gasteiger partial charge in [0.2, 0.25) is 0 Å². The molecule has 0 aliphatic heterocycles. The van der Waals surface area contributed by atoms with E-state index in [2.05, 4.69) is 21.3 Å². The van der Waals surface area contributed by atoms with Crippen LogP contribution in [0.1, 0.15) is 36.2 Å². The molecule has 0 spiro atoms. The molecule has 0 bridgehead atoms. The third kappa shape index (κ3) is 3.69. The zero-order valence-corrected chi connectivity index (χ0v) is 15.0. The summed E-state index contributed by atoms with van der Waals surface area (Å²) in [6, 6.07) is 4.05. The molecule has 0 N–H and O–H groups in total. The predicted molar refractivity (Wildman–Crippen MR) is 94.3 cm³/mol. The van der Waals surface area contributed by atoms with E-state index in [0.717, 1.165) is 28.4 Å². The normalized spacial score (nSPS) is 20.0. The van der Waals surface area contributed by atoms with Crippen LogP contribution in [0.25, 0.3) is 0 Å². The molecule has 1 heterocycles. The van der Waals surface area contributed by atoms with Crippen LogP contribution in [-0.2, 0) is 0 Å². The Bertz CT molecular complexity index is 738. The molecule has 122 valence electrons. The Hall–Kier alpha value is -1.95. The number of aliphatic imine (C=N–C) groups is 1. The first-order valence-corrected chi connectivity index (χ1v) is 8.54. The smallest absolute Gasteiger partial charge is 0.298 e. The van der Waals surface area contributed by atoms with Crippen LogP contribution in [0.3, 0.4) is 0 Å². The van der Waals surface area contributed by atoms with E-state index in [1.807, 2.05) is 45.0 Å². The van der Waals surface area contributed by atoms with Gasteiger partial charge in [-0.05, 0) is 49.4 Å². The summed E-state index contributed by atoms with van der Waals surface area (Å²) in [5.41, 5.74) is 3.07. The summed E-state index contributed by atoms with van der Waals surface area (Å²) in [6.07, 6.45) is 2.99. The number of benzene rings is 1. The van der Waals surface area contributed by atoms with Gasteiger partial charge in [0, 0.05) is 31.5 Å². The monoisotopic (exact) mass is 330 g/mol. The molecular formula is C17H22N4OS. The summed E-state index contributed by atoms with van der Waals surface area (Å²) in [5.74, 6) is 2.97. The Kier molecular flexibility index (Phi) is 4.35. The third-order valence-electron chi connectivity index (χ3n) is 3.98. The van der Waals surface area contributed by atoms with E-state index in [4.69, 9.17) is 4.74 Å². The molecule has 5 nitrogen and oxygen atoms in total. The van der Waals surface area contributed by atoms with E-state index in [1.54, 1.807) is 6.34 Å². The molecule has 1 fully saturated rings. The summed E-state index contributed by atoms with van der Waals surface area (Å²) >= 11 is 1.33. The van der Waals surface area contributed by atoms with Crippen molar-refractivity contribution >= 4 is 23.6 Å². The molecule has 1 aliphatic rings. The van der Waals surface area contributed by atoms with Crippen molar-refractivity contribution < 1.29 is 4.74 Å². The molecule has 0 radical (unpaired) electrons. The fraction of sp³-hybridized carbons (Fsp3) is 0.471. The number of rotatable bonds is 5. The number of aromatic nitrogens is 2. The minimum absolute atomic E-state index is 0.522. The first-order valence-electron chi connectivity index (χ1n) is 7.77. The molecule has 1 aromatic heterocycles. The first kappa shape index (κ1) is 15.9. The van der Waals surface area contributed by atoms with Gasteiger partial charge in [0.15, 0.2) is 0 Å². The molecule has 23 heavy (non-hydrogen) atoms. The molecule has 2 aromatic rings. The van der Waals surface area contributed by atoms with Crippen molar-refractivity contribution in [1.82, 2.24) is 14.3 Å². The fourth-order valence-corrected chi connectivity index (χ4v) is 3.00. The summed E-state index contributed by atoms with van der Waals surface area (Å²) in [7, 11) is 3.91. The largest absolute Gasteiger partial charge is 0.430 e. The Balaban J connectivity index is 1.77. The van der Waals surface area contributed by atoms with Crippen LogP contribution >= 0.6 is 11.5 Å². The van der Waals surface area contributed by atoms with Crippen LogP contribution < -0.4 is 4.74 Å². The van der Waals surface area contributed by atoms with Crippen LogP contribution in [0.4, 0.5) is 5.69 Å². The van der Waals surface area contributed by atoms with Crippen molar-refractivity contribution in [2.75, 3.05) is 14.1 Å². The molecule has 0 saturated heterocycles. The number of hydrogen-bond donors (Lipinski definition) is 0. The summed E-state index contributed by atoms with van der Waals surface area (Å²) in [4.78, 5) is 10.9. The van der Waals surface area contributed by atoms with E-state index < -0.39 is 0 Å². The van der Waals surface area contributed by atoms with Crippen LogP contribution in [0, 0.1) is 19.8 Å². The lowest BCUT2D eigenvalue weighted by molar-refractivity contribution is 0.473. The highest BCUT2D eigenvalue weighted by molar-refractivity contribution is 7.07. The van der Waals surface area contributed by atoms with Crippen LogP contribution in [0.15, 0.2) is 17.1 Å². The number of nitrogens with zero attached hydrogens (tertiary/aromatic N) is 4. The van der Waals surface area contributed by atoms with E-state index in [-0.39, 0.29) is 0 Å². The highest BCUT2D eigenvalue weighted by atomic mass is 32.1. The lowest BCUT2D eigenvalue weighted by Crippen LogP contribution is -2.07. The van der Waals surface area contributed by atoms with Crippen LogP contribution in [0.5, 0.6) is 10.9 Å². The van der Waals surface area contributed by atoms with Gasteiger partial charge in [0.25, 0.3) is 5.19 Å². The molecular weight excluding hydrogens is 308 g/mol. The van der Waals surface area contributed by atoms with Gasteiger partial charge in [0.05, 0.1) is 12.0 Å². The van der Waals surface area contributed by atoms with Gasteiger partial charge >= 0.3 is 0 Å². The van der Waals surface area contributed by atoms with E-state index in [0.29, 0.717) is 17.0 Å². The topological polar surface area (TPSA) is 50.6 Å². The van der Waals surface area contributed by atoms with E-state index >= 15 is 0 Å². The Labute approximate surface area is 141 Å². The van der Waals surface area contributed by atoms with Gasteiger partial charge < -0.3 is 9.64 Å². The lowest BCUT2D eigenvalue weighted by Gasteiger charge is -2.10. The molecule has 2 unspecified atom stereocenters. The summed E-state index contributed by atoms with van der Waals surface area (Å²) in [6.45, 7) is 6.28. The summed E-state index contributed by atoms with van der Waals surface area (Å²) in [5, 5.41) is 0.617. The number of aryl methyl sites for hydroxylation is 2. The lowest BCUT2D eigenvalue weighted by atomic mass is 10.1. The molecule has 2 atom stereocenters. The minimum Gasteiger partial charge on any atom is -0.430 e. The van der Waals surface area contributed by atoms with E-state index in [9.17, 15) is 0 Å². The predicted octanol–water partition coefficient (Wildman–Crippen LogP) is 4.29. The fourth-order valence-electron chi connectivity index (χ4n) is 2.39. The standard InChI is InChI=1S/C17H22N4OS/c1-10-6-13(10)16-19-17(23-20-16)22-15-8-11(2)14(7-12(15)3)18-9-21(4)5/h7-10,13H,6H2,1-5H3/b18-9-. The molecule has 6 heteroatoms. The minimum atomic E-state index is 0.522. The number of hydrogen-bond acceptors (Lipinski definition) is 5. The van der Waals surface area contributed by atoms with Crippen molar-refractivity contribution in [3.63, 3.8) is 0 Å². The maximum Gasteiger partial charge on any atom is 0.298 e.